The minimum atomic E-state index is -1.67. The van der Waals surface area contributed by atoms with E-state index in [4.69, 9.17) is 5.11 Å². The first kappa shape index (κ1) is 9.59. The third-order valence-electron chi connectivity index (χ3n) is 1.69. The van der Waals surface area contributed by atoms with Crippen LogP contribution >= 0.6 is 0 Å². The molecule has 0 aromatic carbocycles. The third kappa shape index (κ3) is 1.66. The van der Waals surface area contributed by atoms with Crippen LogP contribution in [0, 0.1) is 0 Å². The van der Waals surface area contributed by atoms with Crippen LogP contribution < -0.4 is 4.72 Å². The first-order chi connectivity index (χ1) is 7.08. The maximum atomic E-state index is 11.3. The second-order valence-corrected chi connectivity index (χ2v) is 3.86. The van der Waals surface area contributed by atoms with Crippen molar-refractivity contribution in [1.82, 2.24) is 14.5 Å². The molecule has 0 fully saturated rings. The van der Waals surface area contributed by atoms with Gasteiger partial charge in [-0.2, -0.15) is 5.10 Å². The lowest BCUT2D eigenvalue weighted by Gasteiger charge is -1.97. The Bertz CT molecular complexity index is 504. The Balaban J connectivity index is 2.38. The van der Waals surface area contributed by atoms with Crippen molar-refractivity contribution in [1.29, 1.82) is 0 Å². The topological polar surface area (TPSA) is 101 Å². The van der Waals surface area contributed by atoms with Crippen LogP contribution in [0.15, 0.2) is 18.5 Å². The van der Waals surface area contributed by atoms with E-state index < -0.39 is 22.9 Å². The fourth-order valence-electron chi connectivity index (χ4n) is 1.04. The molecule has 1 aromatic rings. The Labute approximate surface area is 86.0 Å². The molecule has 1 unspecified atom stereocenters. The molecule has 1 aliphatic heterocycles. The molecule has 0 saturated carbocycles. The Morgan fingerprint density at radius 3 is 2.80 bits per heavy atom. The molecule has 2 rings (SSSR count). The van der Waals surface area contributed by atoms with Gasteiger partial charge in [0.25, 0.3) is 5.91 Å². The number of nitrogens with one attached hydrogen (secondary N) is 1. The van der Waals surface area contributed by atoms with Crippen molar-refractivity contribution >= 4 is 27.9 Å². The second kappa shape index (κ2) is 3.31. The maximum Gasteiger partial charge on any atom is 0.338 e. The summed E-state index contributed by atoms with van der Waals surface area (Å²) in [6.45, 7) is 0. The summed E-state index contributed by atoms with van der Waals surface area (Å²) in [7, 11) is -1.67. The van der Waals surface area contributed by atoms with Gasteiger partial charge < -0.3 is 5.11 Å². The monoisotopic (exact) mass is 227 g/mol. The number of aromatic carboxylic acids is 1. The summed E-state index contributed by atoms with van der Waals surface area (Å²) in [6, 6.07) is 0. The van der Waals surface area contributed by atoms with Crippen molar-refractivity contribution in [2.45, 2.75) is 0 Å². The normalized spacial score (nSPS) is 19.9. The van der Waals surface area contributed by atoms with E-state index >= 15 is 0 Å². The van der Waals surface area contributed by atoms with Gasteiger partial charge in [-0.15, -0.1) is 0 Å². The lowest BCUT2D eigenvalue weighted by molar-refractivity contribution is -0.114. The molecule has 0 aliphatic carbocycles. The number of nitrogens with zero attached hydrogens (tertiary/aromatic N) is 2. The van der Waals surface area contributed by atoms with Crippen molar-refractivity contribution in [3.63, 3.8) is 0 Å². The van der Waals surface area contributed by atoms with Gasteiger partial charge in [0.15, 0.2) is 16.0 Å². The maximum absolute atomic E-state index is 11.3. The van der Waals surface area contributed by atoms with E-state index in [0.29, 0.717) is 0 Å². The molecule has 78 valence electrons. The highest BCUT2D eigenvalue weighted by Gasteiger charge is 2.22. The highest BCUT2D eigenvalue weighted by Crippen LogP contribution is 2.13. The SMILES string of the molecule is O=C1C=C(n2cc(C(=O)O)cn2)S(=O)N1. The molecule has 15 heavy (non-hydrogen) atoms. The minimum Gasteiger partial charge on any atom is -0.478 e. The highest BCUT2D eigenvalue weighted by atomic mass is 32.2. The predicted molar refractivity (Wildman–Crippen MR) is 49.7 cm³/mol. The molecule has 0 bridgehead atoms. The van der Waals surface area contributed by atoms with Gasteiger partial charge in [0.1, 0.15) is 0 Å². The van der Waals surface area contributed by atoms with Gasteiger partial charge in [-0.05, 0) is 0 Å². The number of aromatic nitrogens is 2. The number of hydrogen-bond acceptors (Lipinski definition) is 4. The Morgan fingerprint density at radius 1 is 1.60 bits per heavy atom. The summed E-state index contributed by atoms with van der Waals surface area (Å²) in [6.07, 6.45) is 3.41. The quantitative estimate of drug-likeness (QED) is 0.686. The summed E-state index contributed by atoms with van der Waals surface area (Å²) in [4.78, 5) is 21.4. The Hall–Kier alpha value is -1.96. The lowest BCUT2D eigenvalue weighted by Crippen LogP contribution is -2.17. The number of amides is 1. The minimum absolute atomic E-state index is 0.0350. The van der Waals surface area contributed by atoms with E-state index in [0.717, 1.165) is 17.0 Å². The van der Waals surface area contributed by atoms with Gasteiger partial charge in [-0.1, -0.05) is 0 Å². The molecule has 8 heteroatoms. The van der Waals surface area contributed by atoms with Gasteiger partial charge in [0.05, 0.1) is 11.8 Å². The molecule has 0 radical (unpaired) electrons. The van der Waals surface area contributed by atoms with Gasteiger partial charge in [0.2, 0.25) is 0 Å². The van der Waals surface area contributed by atoms with Crippen molar-refractivity contribution in [2.75, 3.05) is 0 Å². The smallest absolute Gasteiger partial charge is 0.338 e. The molecule has 1 atom stereocenters. The fourth-order valence-corrected chi connectivity index (χ4v) is 1.87. The van der Waals surface area contributed by atoms with E-state index in [2.05, 4.69) is 9.82 Å². The molecule has 7 nitrogen and oxygen atoms in total. The van der Waals surface area contributed by atoms with E-state index in [1.807, 2.05) is 0 Å². The number of carbonyl (C=O) groups is 2. The lowest BCUT2D eigenvalue weighted by atomic mass is 10.4. The molecule has 1 aromatic heterocycles. The Kier molecular flexibility index (Phi) is 2.12. The number of rotatable bonds is 2. The van der Waals surface area contributed by atoms with Crippen molar-refractivity contribution < 1.29 is 18.9 Å². The molecule has 1 aliphatic rings. The van der Waals surface area contributed by atoms with Crippen molar-refractivity contribution in [3.05, 3.63) is 24.0 Å². The zero-order chi connectivity index (χ0) is 11.0. The van der Waals surface area contributed by atoms with Crippen LogP contribution in [-0.2, 0) is 15.8 Å². The summed E-state index contributed by atoms with van der Waals surface area (Å²) in [5, 5.41) is 12.4. The first-order valence-corrected chi connectivity index (χ1v) is 4.95. The van der Waals surface area contributed by atoms with Crippen LogP contribution in [0.4, 0.5) is 0 Å². The molecule has 1 amide bonds. The van der Waals surface area contributed by atoms with Crippen LogP contribution in [0.2, 0.25) is 0 Å². The van der Waals surface area contributed by atoms with Gasteiger partial charge in [-0.3, -0.25) is 9.52 Å². The number of carbonyl (C=O) groups excluding carboxylic acids is 1. The molecule has 0 spiro atoms. The molecule has 2 N–H and O–H groups in total. The number of carboxylic acids is 1. The third-order valence-corrected chi connectivity index (χ3v) is 2.76. The van der Waals surface area contributed by atoms with E-state index in [1.165, 1.54) is 6.20 Å². The zero-order valence-electron chi connectivity index (χ0n) is 7.21. The van der Waals surface area contributed by atoms with Crippen molar-refractivity contribution in [2.24, 2.45) is 0 Å². The zero-order valence-corrected chi connectivity index (χ0v) is 8.02. The Morgan fingerprint density at radius 2 is 2.33 bits per heavy atom. The van der Waals surface area contributed by atoms with Crippen LogP contribution in [0.1, 0.15) is 10.4 Å². The summed E-state index contributed by atoms with van der Waals surface area (Å²) >= 11 is 0. The first-order valence-electron chi connectivity index (χ1n) is 3.80. The standard InChI is InChI=1S/C7H5N3O4S/c11-5-1-6(15(14)9-5)10-3-4(2-8-10)7(12)13/h1-3H,(H,9,11)(H,12,13). The van der Waals surface area contributed by atoms with Crippen molar-refractivity contribution in [3.8, 4) is 0 Å². The van der Waals surface area contributed by atoms with Gasteiger partial charge >= 0.3 is 5.97 Å². The molecular weight excluding hydrogens is 222 g/mol. The predicted octanol–water partition coefficient (Wildman–Crippen LogP) is -0.827. The molecule has 0 saturated heterocycles. The molecule has 2 heterocycles. The van der Waals surface area contributed by atoms with Crippen LogP contribution in [0.25, 0.3) is 5.03 Å². The fraction of sp³-hybridized carbons (Fsp3) is 0. The highest BCUT2D eigenvalue weighted by molar-refractivity contribution is 7.93. The summed E-state index contributed by atoms with van der Waals surface area (Å²) < 4.78 is 14.5. The molecular formula is C7H5N3O4S. The average molecular weight is 227 g/mol. The van der Waals surface area contributed by atoms with E-state index in [1.54, 1.807) is 0 Å². The van der Waals surface area contributed by atoms with Crippen LogP contribution in [0.3, 0.4) is 0 Å². The second-order valence-electron chi connectivity index (χ2n) is 2.70. The summed E-state index contributed by atoms with van der Waals surface area (Å²) in [5.74, 6) is -1.62. The largest absolute Gasteiger partial charge is 0.478 e. The van der Waals surface area contributed by atoms with Gasteiger partial charge in [0, 0.05) is 12.3 Å². The van der Waals surface area contributed by atoms with E-state index in [9.17, 15) is 13.8 Å². The van der Waals surface area contributed by atoms with Gasteiger partial charge in [-0.25, -0.2) is 13.7 Å². The average Bonchev–Trinajstić information content (AvgIpc) is 2.71. The number of hydrogen-bond donors (Lipinski definition) is 2. The van der Waals surface area contributed by atoms with Crippen LogP contribution in [0.5, 0.6) is 0 Å². The van der Waals surface area contributed by atoms with Crippen LogP contribution in [-0.4, -0.2) is 31.0 Å². The summed E-state index contributed by atoms with van der Waals surface area (Å²) in [5.41, 5.74) is -0.0350. The van der Waals surface area contributed by atoms with E-state index in [-0.39, 0.29) is 10.6 Å². The number of carboxylic acid groups (broad SMARTS) is 1.